The molecule has 2 heteroatoms. The van der Waals surface area contributed by atoms with Crippen LogP contribution in [0.5, 0.6) is 0 Å². The van der Waals surface area contributed by atoms with Crippen molar-refractivity contribution in [2.24, 2.45) is 17.3 Å². The number of hydrogen-bond donors (Lipinski definition) is 0. The number of piperidine rings is 2. The molecule has 0 N–H and O–H groups in total. The molecule has 1 aliphatic carbocycles. The van der Waals surface area contributed by atoms with Gasteiger partial charge in [0.25, 0.3) is 0 Å². The average Bonchev–Trinajstić information content (AvgIpc) is 2.42. The first-order chi connectivity index (χ1) is 10.1. The molecule has 0 radical (unpaired) electrons. The van der Waals surface area contributed by atoms with E-state index in [1.54, 1.807) is 0 Å². The zero-order valence-electron chi connectivity index (χ0n) is 15.6. The summed E-state index contributed by atoms with van der Waals surface area (Å²) in [6.07, 6.45) is 2.65. The van der Waals surface area contributed by atoms with Gasteiger partial charge in [0.05, 0.1) is 11.4 Å². The molecule has 5 atom stereocenters. The molecular weight excluding hydrogens is 268 g/mol. The SMILES string of the molecule is Cc1cc(C)c(N2C(C)C3(C)CCC2(C)C(C)C3C)c(C)n1. The number of aromatic nitrogens is 1. The zero-order chi connectivity index (χ0) is 16.4. The lowest BCUT2D eigenvalue weighted by Crippen LogP contribution is -2.72. The third-order valence-corrected chi connectivity index (χ3v) is 7.56. The van der Waals surface area contributed by atoms with Gasteiger partial charge in [-0.05, 0) is 76.3 Å². The second-order valence-corrected chi connectivity index (χ2v) is 8.50. The van der Waals surface area contributed by atoms with Crippen molar-refractivity contribution >= 4 is 5.69 Å². The van der Waals surface area contributed by atoms with Crippen molar-refractivity contribution in [1.82, 2.24) is 4.98 Å². The Kier molecular flexibility index (Phi) is 3.40. The third kappa shape index (κ3) is 1.82. The van der Waals surface area contributed by atoms with E-state index in [9.17, 15) is 0 Å². The van der Waals surface area contributed by atoms with Gasteiger partial charge in [-0.3, -0.25) is 4.98 Å². The summed E-state index contributed by atoms with van der Waals surface area (Å²) in [5.74, 6) is 1.49. The Hall–Kier alpha value is -1.05. The molecule has 5 unspecified atom stereocenters. The van der Waals surface area contributed by atoms with Gasteiger partial charge in [0.15, 0.2) is 0 Å². The largest absolute Gasteiger partial charge is 0.361 e. The van der Waals surface area contributed by atoms with Crippen LogP contribution in [-0.4, -0.2) is 16.6 Å². The summed E-state index contributed by atoms with van der Waals surface area (Å²) in [5.41, 5.74) is 5.76. The minimum atomic E-state index is 0.253. The topological polar surface area (TPSA) is 16.1 Å². The van der Waals surface area contributed by atoms with E-state index in [2.05, 4.69) is 66.4 Å². The number of nitrogens with zero attached hydrogens (tertiary/aromatic N) is 2. The van der Waals surface area contributed by atoms with Crippen LogP contribution < -0.4 is 4.90 Å². The van der Waals surface area contributed by atoms with E-state index in [0.29, 0.717) is 17.4 Å². The minimum absolute atomic E-state index is 0.253. The van der Waals surface area contributed by atoms with Crippen LogP contribution in [0.15, 0.2) is 6.07 Å². The number of anilines is 1. The van der Waals surface area contributed by atoms with Gasteiger partial charge in [0.1, 0.15) is 0 Å². The molecule has 2 aliphatic heterocycles. The van der Waals surface area contributed by atoms with Gasteiger partial charge in [-0.2, -0.15) is 0 Å². The Morgan fingerprint density at radius 3 is 2.27 bits per heavy atom. The molecule has 122 valence electrons. The van der Waals surface area contributed by atoms with Crippen molar-refractivity contribution in [3.8, 4) is 0 Å². The molecule has 1 saturated carbocycles. The maximum Gasteiger partial charge on any atom is 0.0619 e. The van der Waals surface area contributed by atoms with Gasteiger partial charge in [-0.15, -0.1) is 0 Å². The Bertz CT molecular complexity index is 585. The summed E-state index contributed by atoms with van der Waals surface area (Å²) in [6, 6.07) is 2.82. The lowest BCUT2D eigenvalue weighted by molar-refractivity contribution is -0.0525. The summed E-state index contributed by atoms with van der Waals surface area (Å²) in [7, 11) is 0. The van der Waals surface area contributed by atoms with Gasteiger partial charge >= 0.3 is 0 Å². The molecule has 1 aromatic rings. The van der Waals surface area contributed by atoms with Crippen molar-refractivity contribution in [3.63, 3.8) is 0 Å². The average molecular weight is 300 g/mol. The summed E-state index contributed by atoms with van der Waals surface area (Å²) < 4.78 is 0. The number of hydrogen-bond acceptors (Lipinski definition) is 2. The second-order valence-electron chi connectivity index (χ2n) is 8.50. The lowest BCUT2D eigenvalue weighted by atomic mass is 9.50. The summed E-state index contributed by atoms with van der Waals surface area (Å²) in [5, 5.41) is 0. The maximum absolute atomic E-state index is 4.78. The Labute approximate surface area is 136 Å². The molecule has 0 aromatic carbocycles. The summed E-state index contributed by atoms with van der Waals surface area (Å²) in [6.45, 7) is 18.9. The molecule has 3 fully saturated rings. The summed E-state index contributed by atoms with van der Waals surface area (Å²) >= 11 is 0. The second kappa shape index (κ2) is 4.72. The molecule has 4 rings (SSSR count). The molecule has 0 amide bonds. The van der Waals surface area contributed by atoms with Gasteiger partial charge in [0.2, 0.25) is 0 Å². The highest BCUT2D eigenvalue weighted by Crippen LogP contribution is 2.60. The number of rotatable bonds is 1. The van der Waals surface area contributed by atoms with Gasteiger partial charge < -0.3 is 4.90 Å². The molecule has 2 bridgehead atoms. The first-order valence-corrected chi connectivity index (χ1v) is 8.87. The van der Waals surface area contributed by atoms with E-state index in [0.717, 1.165) is 11.6 Å². The number of aryl methyl sites for hydroxylation is 3. The van der Waals surface area contributed by atoms with Crippen LogP contribution in [0.25, 0.3) is 0 Å². The fourth-order valence-corrected chi connectivity index (χ4v) is 5.58. The number of pyridine rings is 1. The van der Waals surface area contributed by atoms with E-state index >= 15 is 0 Å². The van der Waals surface area contributed by atoms with E-state index in [1.807, 2.05) is 0 Å². The van der Waals surface area contributed by atoms with E-state index in [-0.39, 0.29) is 5.54 Å². The van der Waals surface area contributed by atoms with Crippen molar-refractivity contribution < 1.29 is 0 Å². The van der Waals surface area contributed by atoms with Gasteiger partial charge in [-0.25, -0.2) is 0 Å². The molecule has 1 aromatic heterocycles. The van der Waals surface area contributed by atoms with Crippen LogP contribution in [0.3, 0.4) is 0 Å². The molecule has 0 spiro atoms. The summed E-state index contributed by atoms with van der Waals surface area (Å²) in [4.78, 5) is 7.53. The van der Waals surface area contributed by atoms with Crippen molar-refractivity contribution in [1.29, 1.82) is 0 Å². The molecular formula is C20H32N2. The Balaban J connectivity index is 2.19. The first-order valence-electron chi connectivity index (χ1n) is 8.87. The quantitative estimate of drug-likeness (QED) is 0.722. The van der Waals surface area contributed by atoms with Crippen molar-refractivity contribution in [3.05, 3.63) is 23.0 Å². The molecule has 3 heterocycles. The van der Waals surface area contributed by atoms with Crippen molar-refractivity contribution in [2.45, 2.75) is 79.8 Å². The van der Waals surface area contributed by atoms with Crippen LogP contribution in [-0.2, 0) is 0 Å². The van der Waals surface area contributed by atoms with Gasteiger partial charge in [0, 0.05) is 17.3 Å². The predicted molar refractivity (Wildman–Crippen MR) is 94.5 cm³/mol. The van der Waals surface area contributed by atoms with Crippen molar-refractivity contribution in [2.75, 3.05) is 4.90 Å². The van der Waals surface area contributed by atoms with Crippen LogP contribution in [0.2, 0.25) is 0 Å². The molecule has 2 nitrogen and oxygen atoms in total. The third-order valence-electron chi connectivity index (χ3n) is 7.56. The highest BCUT2D eigenvalue weighted by molar-refractivity contribution is 5.61. The van der Waals surface area contributed by atoms with Crippen LogP contribution >= 0.6 is 0 Å². The van der Waals surface area contributed by atoms with Crippen LogP contribution in [0.4, 0.5) is 5.69 Å². The standard InChI is InChI=1S/C20H32N2/c1-12-11-13(2)21-16(5)18(12)22-17(6)19(7)9-10-20(22,8)15(4)14(19)3/h11,14-15,17H,9-10H2,1-8H3. The first kappa shape index (κ1) is 15.8. The monoisotopic (exact) mass is 300 g/mol. The highest BCUT2D eigenvalue weighted by atomic mass is 15.3. The molecule has 22 heavy (non-hydrogen) atoms. The predicted octanol–water partition coefficient (Wildman–Crippen LogP) is 5.05. The maximum atomic E-state index is 4.78. The minimum Gasteiger partial charge on any atom is -0.361 e. The van der Waals surface area contributed by atoms with Crippen LogP contribution in [0.1, 0.15) is 64.4 Å². The fraction of sp³-hybridized carbons (Fsp3) is 0.750. The normalized spacial score (nSPS) is 41.1. The van der Waals surface area contributed by atoms with E-state index in [1.165, 1.54) is 29.8 Å². The van der Waals surface area contributed by atoms with E-state index in [4.69, 9.17) is 4.98 Å². The molecule has 2 saturated heterocycles. The Morgan fingerprint density at radius 1 is 1.05 bits per heavy atom. The van der Waals surface area contributed by atoms with E-state index < -0.39 is 0 Å². The lowest BCUT2D eigenvalue weighted by Gasteiger charge is -2.68. The highest BCUT2D eigenvalue weighted by Gasteiger charge is 2.60. The zero-order valence-corrected chi connectivity index (χ0v) is 15.6. The van der Waals surface area contributed by atoms with Crippen LogP contribution in [0, 0.1) is 38.0 Å². The number of fused-ring (bicyclic) bond motifs is 3. The Morgan fingerprint density at radius 2 is 1.68 bits per heavy atom. The molecule has 3 aliphatic rings. The fourth-order valence-electron chi connectivity index (χ4n) is 5.58. The smallest absolute Gasteiger partial charge is 0.0619 e. The van der Waals surface area contributed by atoms with Gasteiger partial charge in [-0.1, -0.05) is 20.8 Å².